The van der Waals surface area contributed by atoms with Gasteiger partial charge in [-0.05, 0) is 39.5 Å². The van der Waals surface area contributed by atoms with E-state index in [1.165, 1.54) is 0 Å². The Morgan fingerprint density at radius 1 is 1.46 bits per heavy atom. The van der Waals surface area contributed by atoms with Crippen molar-refractivity contribution in [3.63, 3.8) is 0 Å². The summed E-state index contributed by atoms with van der Waals surface area (Å²) in [5.41, 5.74) is -0.719. The predicted octanol–water partition coefficient (Wildman–Crippen LogP) is 0.506. The van der Waals surface area contributed by atoms with E-state index in [-0.39, 0.29) is 12.1 Å². The van der Waals surface area contributed by atoms with Crippen LogP contribution in [0.1, 0.15) is 33.6 Å². The van der Waals surface area contributed by atoms with Crippen molar-refractivity contribution < 1.29 is 10.2 Å². The van der Waals surface area contributed by atoms with Crippen LogP contribution in [0.3, 0.4) is 0 Å². The van der Waals surface area contributed by atoms with Crippen LogP contribution in [0.15, 0.2) is 0 Å². The van der Waals surface area contributed by atoms with Crippen LogP contribution in [0.2, 0.25) is 0 Å². The van der Waals surface area contributed by atoms with Gasteiger partial charge < -0.3 is 15.5 Å². The minimum Gasteiger partial charge on any atom is -0.392 e. The fraction of sp³-hybridized carbons (Fsp3) is 1.00. The van der Waals surface area contributed by atoms with Crippen molar-refractivity contribution in [1.82, 2.24) is 5.32 Å². The molecule has 1 saturated carbocycles. The lowest BCUT2D eigenvalue weighted by atomic mass is 10.0. The maximum atomic E-state index is 9.61. The molecule has 78 valence electrons. The Morgan fingerprint density at radius 3 is 2.38 bits per heavy atom. The lowest BCUT2D eigenvalue weighted by Crippen LogP contribution is -2.47. The summed E-state index contributed by atoms with van der Waals surface area (Å²) in [5, 5.41) is 22.3. The number of rotatable bonds is 5. The van der Waals surface area contributed by atoms with Crippen molar-refractivity contribution in [3.8, 4) is 0 Å². The lowest BCUT2D eigenvalue weighted by molar-refractivity contribution is 0.0371. The zero-order valence-corrected chi connectivity index (χ0v) is 8.75. The molecule has 3 N–H and O–H groups in total. The van der Waals surface area contributed by atoms with Crippen molar-refractivity contribution in [2.24, 2.45) is 5.92 Å². The van der Waals surface area contributed by atoms with E-state index < -0.39 is 5.60 Å². The summed E-state index contributed by atoms with van der Waals surface area (Å²) in [7, 11) is 0. The Hall–Kier alpha value is -0.120. The summed E-state index contributed by atoms with van der Waals surface area (Å²) in [6.07, 6.45) is 2.07. The Bertz CT molecular complexity index is 161. The first-order valence-electron chi connectivity index (χ1n) is 5.05. The molecule has 1 fully saturated rings. The highest BCUT2D eigenvalue weighted by Gasteiger charge is 2.30. The minimum absolute atomic E-state index is 0.0147. The van der Waals surface area contributed by atoms with Gasteiger partial charge in [0.15, 0.2) is 0 Å². The van der Waals surface area contributed by atoms with Crippen molar-refractivity contribution in [3.05, 3.63) is 0 Å². The molecular formula is C10H21NO2. The number of nitrogens with one attached hydrogen (secondary N) is 1. The first-order chi connectivity index (χ1) is 5.91. The topological polar surface area (TPSA) is 52.5 Å². The molecule has 0 aromatic carbocycles. The van der Waals surface area contributed by atoms with Crippen LogP contribution in [-0.4, -0.2) is 34.5 Å². The summed E-state index contributed by atoms with van der Waals surface area (Å²) < 4.78 is 0. The van der Waals surface area contributed by atoms with Crippen molar-refractivity contribution >= 4 is 0 Å². The monoisotopic (exact) mass is 187 g/mol. The molecule has 0 aliphatic heterocycles. The van der Waals surface area contributed by atoms with Crippen LogP contribution < -0.4 is 5.32 Å². The van der Waals surface area contributed by atoms with E-state index in [4.69, 9.17) is 0 Å². The third kappa shape index (κ3) is 3.63. The van der Waals surface area contributed by atoms with Gasteiger partial charge in [-0.1, -0.05) is 0 Å². The van der Waals surface area contributed by atoms with Crippen molar-refractivity contribution in [1.29, 1.82) is 0 Å². The standard InChI is InChI=1S/C10H21NO2/c1-7(10(2,3)13)11-6-9(12)8-4-5-8/h7-9,11-13H,4-6H2,1-3H3. The van der Waals surface area contributed by atoms with Gasteiger partial charge in [-0.25, -0.2) is 0 Å². The normalized spacial score (nSPS) is 22.8. The van der Waals surface area contributed by atoms with E-state index in [1.807, 2.05) is 6.92 Å². The number of hydrogen-bond acceptors (Lipinski definition) is 3. The average molecular weight is 187 g/mol. The molecule has 13 heavy (non-hydrogen) atoms. The fourth-order valence-electron chi connectivity index (χ4n) is 1.19. The van der Waals surface area contributed by atoms with E-state index >= 15 is 0 Å². The molecule has 0 aromatic heterocycles. The van der Waals surface area contributed by atoms with Crippen LogP contribution in [0, 0.1) is 5.92 Å². The average Bonchev–Trinajstić information content (AvgIpc) is 2.79. The molecule has 1 rings (SSSR count). The quantitative estimate of drug-likeness (QED) is 0.587. The van der Waals surface area contributed by atoms with Crippen molar-refractivity contribution in [2.45, 2.75) is 51.4 Å². The summed E-state index contributed by atoms with van der Waals surface area (Å²) >= 11 is 0. The van der Waals surface area contributed by atoms with Crippen LogP contribution in [0.5, 0.6) is 0 Å². The molecule has 0 aromatic rings. The Balaban J connectivity index is 2.17. The molecule has 2 unspecified atom stereocenters. The summed E-state index contributed by atoms with van der Waals surface area (Å²) in [6, 6.07) is 0.0147. The van der Waals surface area contributed by atoms with Gasteiger partial charge in [-0.3, -0.25) is 0 Å². The van der Waals surface area contributed by atoms with Gasteiger partial charge >= 0.3 is 0 Å². The van der Waals surface area contributed by atoms with Crippen LogP contribution in [0.25, 0.3) is 0 Å². The van der Waals surface area contributed by atoms with E-state index in [9.17, 15) is 10.2 Å². The largest absolute Gasteiger partial charge is 0.392 e. The smallest absolute Gasteiger partial charge is 0.0741 e. The van der Waals surface area contributed by atoms with Gasteiger partial charge in [0.1, 0.15) is 0 Å². The van der Waals surface area contributed by atoms with Crippen LogP contribution in [0.4, 0.5) is 0 Å². The first-order valence-corrected chi connectivity index (χ1v) is 5.05. The molecule has 0 bridgehead atoms. The molecule has 0 radical (unpaired) electrons. The third-order valence-electron chi connectivity index (χ3n) is 2.86. The molecule has 3 heteroatoms. The maximum absolute atomic E-state index is 9.61. The van der Waals surface area contributed by atoms with Crippen molar-refractivity contribution in [2.75, 3.05) is 6.54 Å². The maximum Gasteiger partial charge on any atom is 0.0741 e. The van der Waals surface area contributed by atoms with E-state index in [1.54, 1.807) is 13.8 Å². The Morgan fingerprint density at radius 2 is 2.00 bits per heavy atom. The number of aliphatic hydroxyl groups excluding tert-OH is 1. The zero-order valence-electron chi connectivity index (χ0n) is 8.75. The molecule has 1 aliphatic carbocycles. The number of hydrogen-bond donors (Lipinski definition) is 3. The molecular weight excluding hydrogens is 166 g/mol. The molecule has 0 heterocycles. The highest BCUT2D eigenvalue weighted by atomic mass is 16.3. The fourth-order valence-corrected chi connectivity index (χ4v) is 1.19. The highest BCUT2D eigenvalue weighted by molar-refractivity contribution is 4.85. The minimum atomic E-state index is -0.719. The SMILES string of the molecule is CC(NCC(O)C1CC1)C(C)(C)O. The van der Waals surface area contributed by atoms with Gasteiger partial charge in [0.05, 0.1) is 11.7 Å². The van der Waals surface area contributed by atoms with Gasteiger partial charge in [0.2, 0.25) is 0 Å². The molecule has 0 spiro atoms. The predicted molar refractivity (Wildman–Crippen MR) is 52.5 cm³/mol. The van der Waals surface area contributed by atoms with E-state index in [2.05, 4.69) is 5.32 Å². The molecule has 0 saturated heterocycles. The van der Waals surface area contributed by atoms with E-state index in [0.717, 1.165) is 12.8 Å². The lowest BCUT2D eigenvalue weighted by Gasteiger charge is -2.27. The zero-order chi connectivity index (χ0) is 10.1. The summed E-state index contributed by atoms with van der Waals surface area (Å²) in [5.74, 6) is 0.501. The van der Waals surface area contributed by atoms with Gasteiger partial charge in [0, 0.05) is 12.6 Å². The van der Waals surface area contributed by atoms with Gasteiger partial charge in [-0.15, -0.1) is 0 Å². The van der Waals surface area contributed by atoms with E-state index in [0.29, 0.717) is 12.5 Å². The second-order valence-corrected chi connectivity index (χ2v) is 4.69. The Kier molecular flexibility index (Phi) is 3.33. The second-order valence-electron chi connectivity index (χ2n) is 4.69. The number of aliphatic hydroxyl groups is 2. The van der Waals surface area contributed by atoms with Crippen LogP contribution in [-0.2, 0) is 0 Å². The molecule has 0 amide bonds. The molecule has 1 aliphatic rings. The van der Waals surface area contributed by atoms with Gasteiger partial charge in [-0.2, -0.15) is 0 Å². The summed E-state index contributed by atoms with van der Waals surface area (Å²) in [6.45, 7) is 6.07. The van der Waals surface area contributed by atoms with Crippen LogP contribution >= 0.6 is 0 Å². The molecule has 2 atom stereocenters. The Labute approximate surface area is 80.2 Å². The highest BCUT2D eigenvalue weighted by Crippen LogP contribution is 2.32. The molecule has 3 nitrogen and oxygen atoms in total. The second kappa shape index (κ2) is 3.95. The van der Waals surface area contributed by atoms with Gasteiger partial charge in [0.25, 0.3) is 0 Å². The summed E-state index contributed by atoms with van der Waals surface area (Å²) in [4.78, 5) is 0. The third-order valence-corrected chi connectivity index (χ3v) is 2.86. The first kappa shape index (κ1) is 11.0.